The lowest BCUT2D eigenvalue weighted by atomic mass is 9.75. The molecule has 1 aliphatic heterocycles. The first-order chi connectivity index (χ1) is 14.6. The fourth-order valence-electron chi connectivity index (χ4n) is 4.72. The molecule has 2 unspecified atom stereocenters. The SMILES string of the molecule is O=[S+](O)(Nc1cc(C(F)(F)F)ccc1N1CC[C@@H]2CCCCC2C1)c1ccc(Br)cc1. The standard InChI is InChI=1S/C22H24BrF3N2O2S/c23-18-6-8-19(9-7-18)31(29,30)27-20-13-17(22(24,25)26)5-10-21(20)28-12-11-15-3-1-2-4-16(15)14-28/h5-10,13,15-16H,1-4,11-12,14H2,(H-,27,29,30)/p+1/t15-,16?/m0/s1. The summed E-state index contributed by atoms with van der Waals surface area (Å²) in [6.45, 7) is 1.49. The molecule has 2 aliphatic rings. The van der Waals surface area contributed by atoms with Crippen LogP contribution in [-0.2, 0) is 20.8 Å². The first-order valence-electron chi connectivity index (χ1n) is 10.4. The molecule has 2 aromatic rings. The summed E-state index contributed by atoms with van der Waals surface area (Å²) in [5.41, 5.74) is -0.285. The lowest BCUT2D eigenvalue weighted by molar-refractivity contribution is -0.137. The number of nitrogens with zero attached hydrogens (tertiary/aromatic N) is 1. The van der Waals surface area contributed by atoms with Crippen LogP contribution >= 0.6 is 15.9 Å². The predicted molar refractivity (Wildman–Crippen MR) is 120 cm³/mol. The van der Waals surface area contributed by atoms with Crippen LogP contribution in [0.1, 0.15) is 37.7 Å². The van der Waals surface area contributed by atoms with Gasteiger partial charge in [0.1, 0.15) is 5.69 Å². The van der Waals surface area contributed by atoms with E-state index in [9.17, 15) is 21.9 Å². The van der Waals surface area contributed by atoms with Crippen molar-refractivity contribution in [3.8, 4) is 0 Å². The van der Waals surface area contributed by atoms with Crippen molar-refractivity contribution in [1.29, 1.82) is 0 Å². The minimum Gasteiger partial charge on any atom is -0.369 e. The summed E-state index contributed by atoms with van der Waals surface area (Å²) in [7, 11) is -3.79. The third-order valence-corrected chi connectivity index (χ3v) is 8.27. The fraction of sp³-hybridized carbons (Fsp3) is 0.455. The average molecular weight is 518 g/mol. The van der Waals surface area contributed by atoms with E-state index in [0.29, 0.717) is 17.5 Å². The van der Waals surface area contributed by atoms with E-state index in [1.54, 1.807) is 12.1 Å². The van der Waals surface area contributed by atoms with Crippen LogP contribution in [0.15, 0.2) is 51.8 Å². The van der Waals surface area contributed by atoms with Crippen LogP contribution in [0.5, 0.6) is 0 Å². The van der Waals surface area contributed by atoms with Gasteiger partial charge in [-0.25, -0.2) is 0 Å². The monoisotopic (exact) mass is 517 g/mol. The zero-order valence-corrected chi connectivity index (χ0v) is 19.3. The maximum atomic E-state index is 13.4. The second kappa shape index (κ2) is 8.75. The summed E-state index contributed by atoms with van der Waals surface area (Å²) < 4.78 is 67.1. The molecule has 168 valence electrons. The number of fused-ring (bicyclic) bond motifs is 1. The summed E-state index contributed by atoms with van der Waals surface area (Å²) in [6.07, 6.45) is 1.21. The number of piperidine rings is 1. The van der Waals surface area contributed by atoms with Crippen LogP contribution in [0.4, 0.5) is 24.5 Å². The third kappa shape index (κ3) is 5.09. The normalized spacial score (nSPS) is 23.7. The van der Waals surface area contributed by atoms with E-state index in [4.69, 9.17) is 0 Å². The quantitative estimate of drug-likeness (QED) is 0.436. The molecule has 1 aliphatic carbocycles. The lowest BCUT2D eigenvalue weighted by Gasteiger charge is -2.42. The van der Waals surface area contributed by atoms with Gasteiger partial charge in [0.15, 0.2) is 0 Å². The molecule has 2 N–H and O–H groups in total. The van der Waals surface area contributed by atoms with Crippen molar-refractivity contribution >= 4 is 37.7 Å². The van der Waals surface area contributed by atoms with Crippen LogP contribution in [0, 0.1) is 11.8 Å². The van der Waals surface area contributed by atoms with Crippen molar-refractivity contribution in [3.63, 3.8) is 0 Å². The summed E-state index contributed by atoms with van der Waals surface area (Å²) in [5.74, 6) is 1.18. The fourth-order valence-corrected chi connectivity index (χ4v) is 6.07. The summed E-state index contributed by atoms with van der Waals surface area (Å²) in [5, 5.41) is 0. The van der Waals surface area contributed by atoms with Crippen LogP contribution in [0.25, 0.3) is 0 Å². The van der Waals surface area contributed by atoms with Gasteiger partial charge in [-0.3, -0.25) is 0 Å². The van der Waals surface area contributed by atoms with Crippen molar-refractivity contribution in [2.75, 3.05) is 22.7 Å². The lowest BCUT2D eigenvalue weighted by Crippen LogP contribution is -2.42. The maximum Gasteiger partial charge on any atom is 0.416 e. The van der Waals surface area contributed by atoms with Crippen molar-refractivity contribution < 1.29 is 21.9 Å². The summed E-state index contributed by atoms with van der Waals surface area (Å²) in [6, 6.07) is 9.59. The molecule has 2 fully saturated rings. The van der Waals surface area contributed by atoms with E-state index >= 15 is 0 Å². The Morgan fingerprint density at radius 2 is 1.71 bits per heavy atom. The van der Waals surface area contributed by atoms with Gasteiger partial charge in [-0.1, -0.05) is 35.2 Å². The maximum absolute atomic E-state index is 13.4. The number of anilines is 2. The van der Waals surface area contributed by atoms with Gasteiger partial charge < -0.3 is 4.90 Å². The summed E-state index contributed by atoms with van der Waals surface area (Å²) in [4.78, 5) is 2.16. The molecule has 4 nitrogen and oxygen atoms in total. The molecule has 0 radical (unpaired) electrons. The van der Waals surface area contributed by atoms with Crippen LogP contribution < -0.4 is 9.62 Å². The number of hydrogen-bond acceptors (Lipinski definition) is 2. The van der Waals surface area contributed by atoms with Crippen LogP contribution in [-0.4, -0.2) is 17.6 Å². The second-order valence-electron chi connectivity index (χ2n) is 8.35. The zero-order valence-electron chi connectivity index (χ0n) is 16.9. The van der Waals surface area contributed by atoms with Gasteiger partial charge in [-0.05, 0) is 71.4 Å². The molecule has 0 spiro atoms. The molecule has 0 amide bonds. The van der Waals surface area contributed by atoms with Gasteiger partial charge in [-0.2, -0.15) is 22.4 Å². The topological polar surface area (TPSA) is 52.6 Å². The van der Waals surface area contributed by atoms with Gasteiger partial charge in [0.05, 0.1) is 11.3 Å². The molecular weight excluding hydrogens is 493 g/mol. The smallest absolute Gasteiger partial charge is 0.369 e. The van der Waals surface area contributed by atoms with Crippen molar-refractivity contribution in [1.82, 2.24) is 0 Å². The molecule has 4 rings (SSSR count). The Labute approximate surface area is 189 Å². The number of alkyl halides is 3. The van der Waals surface area contributed by atoms with E-state index in [2.05, 4.69) is 25.6 Å². The average Bonchev–Trinajstić information content (AvgIpc) is 2.73. The van der Waals surface area contributed by atoms with Gasteiger partial charge in [0, 0.05) is 17.6 Å². The number of nitrogens with one attached hydrogen (secondary N) is 1. The van der Waals surface area contributed by atoms with Crippen molar-refractivity contribution in [2.45, 2.75) is 43.2 Å². The Morgan fingerprint density at radius 1 is 1.03 bits per heavy atom. The second-order valence-corrected chi connectivity index (χ2v) is 11.0. The number of halogens is 4. The first kappa shape index (κ1) is 22.6. The molecule has 0 aromatic heterocycles. The minimum absolute atomic E-state index is 0.0273. The summed E-state index contributed by atoms with van der Waals surface area (Å²) >= 11 is 3.28. The zero-order chi connectivity index (χ0) is 22.2. The largest absolute Gasteiger partial charge is 0.416 e. The Bertz CT molecular complexity index is 984. The van der Waals surface area contributed by atoms with Crippen molar-refractivity contribution in [3.05, 3.63) is 52.5 Å². The Kier molecular flexibility index (Phi) is 6.38. The number of hydrogen-bond donors (Lipinski definition) is 2. The highest BCUT2D eigenvalue weighted by atomic mass is 79.9. The molecule has 2 aromatic carbocycles. The van der Waals surface area contributed by atoms with Gasteiger partial charge >= 0.3 is 16.6 Å². The van der Waals surface area contributed by atoms with E-state index < -0.39 is 22.1 Å². The molecule has 1 saturated heterocycles. The van der Waals surface area contributed by atoms with Gasteiger partial charge in [-0.15, -0.1) is 0 Å². The first-order valence-corrected chi connectivity index (χ1v) is 12.7. The Morgan fingerprint density at radius 3 is 2.39 bits per heavy atom. The molecule has 9 heteroatoms. The molecular formula is C22H25BrF3N2O2S+. The highest BCUT2D eigenvalue weighted by molar-refractivity contribution is 9.10. The highest BCUT2D eigenvalue weighted by Crippen LogP contribution is 2.41. The molecule has 3 atom stereocenters. The third-order valence-electron chi connectivity index (χ3n) is 6.34. The van der Waals surface area contributed by atoms with E-state index in [-0.39, 0.29) is 10.6 Å². The Hall–Kier alpha value is -1.58. The molecule has 1 saturated carbocycles. The predicted octanol–water partition coefficient (Wildman–Crippen LogP) is 6.84. The molecule has 31 heavy (non-hydrogen) atoms. The van der Waals surface area contributed by atoms with Gasteiger partial charge in [0.2, 0.25) is 4.90 Å². The molecule has 0 bridgehead atoms. The van der Waals surface area contributed by atoms with E-state index in [0.717, 1.165) is 42.5 Å². The Balaban J connectivity index is 1.67. The highest BCUT2D eigenvalue weighted by Gasteiger charge is 2.37. The number of benzene rings is 2. The van der Waals surface area contributed by atoms with Crippen LogP contribution in [0.3, 0.4) is 0 Å². The van der Waals surface area contributed by atoms with Gasteiger partial charge in [0.25, 0.3) is 0 Å². The van der Waals surface area contributed by atoms with E-state index in [1.807, 2.05) is 0 Å². The molecule has 1 heterocycles. The minimum atomic E-state index is -4.54. The number of rotatable bonds is 4. The van der Waals surface area contributed by atoms with Crippen molar-refractivity contribution in [2.24, 2.45) is 11.8 Å². The van der Waals surface area contributed by atoms with E-state index in [1.165, 1.54) is 37.5 Å². The van der Waals surface area contributed by atoms with Crippen LogP contribution in [0.2, 0.25) is 0 Å².